The summed E-state index contributed by atoms with van der Waals surface area (Å²) in [6, 6.07) is 8.95. The number of piperidine rings is 1. The van der Waals surface area contributed by atoms with Gasteiger partial charge in [-0.3, -0.25) is 9.69 Å². The van der Waals surface area contributed by atoms with Gasteiger partial charge in [0.15, 0.2) is 0 Å². The van der Waals surface area contributed by atoms with Gasteiger partial charge in [-0.25, -0.2) is 0 Å². The Balaban J connectivity index is 1.40. The minimum absolute atomic E-state index is 0.214. The molecule has 3 fully saturated rings. The number of aryl methyl sites for hydroxylation is 1. The highest BCUT2D eigenvalue weighted by atomic mass is 16.5. The molecule has 1 aliphatic carbocycles. The van der Waals surface area contributed by atoms with Crippen molar-refractivity contribution in [2.24, 2.45) is 5.92 Å². The molecular weight excluding hydrogens is 312 g/mol. The number of nitrogens with zero attached hydrogens (tertiary/aromatic N) is 2. The normalized spacial score (nSPS) is 30.3. The summed E-state index contributed by atoms with van der Waals surface area (Å²) in [5.41, 5.74) is 2.70. The van der Waals surface area contributed by atoms with Crippen LogP contribution in [0.5, 0.6) is 0 Å². The first kappa shape index (κ1) is 17.0. The van der Waals surface area contributed by atoms with Gasteiger partial charge in [-0.15, -0.1) is 0 Å². The second-order valence-corrected chi connectivity index (χ2v) is 7.90. The molecule has 4 nitrogen and oxygen atoms in total. The first-order valence-corrected chi connectivity index (χ1v) is 9.90. The number of rotatable bonds is 4. The van der Waals surface area contributed by atoms with Crippen molar-refractivity contribution < 1.29 is 9.53 Å². The molecule has 2 heterocycles. The lowest BCUT2D eigenvalue weighted by molar-refractivity contribution is -0.137. The molecular formula is C21H30N2O2. The van der Waals surface area contributed by atoms with E-state index < -0.39 is 0 Å². The Morgan fingerprint density at radius 1 is 1.16 bits per heavy atom. The predicted molar refractivity (Wildman–Crippen MR) is 98.6 cm³/mol. The zero-order chi connectivity index (χ0) is 17.2. The molecule has 0 bridgehead atoms. The van der Waals surface area contributed by atoms with Crippen LogP contribution in [0.4, 0.5) is 0 Å². The summed E-state index contributed by atoms with van der Waals surface area (Å²) in [5, 5.41) is 0. The van der Waals surface area contributed by atoms with Crippen molar-refractivity contribution in [1.29, 1.82) is 0 Å². The number of carbonyl (C=O) groups excluding carboxylic acids is 1. The molecule has 0 aromatic heterocycles. The Morgan fingerprint density at radius 3 is 2.76 bits per heavy atom. The zero-order valence-electron chi connectivity index (χ0n) is 15.3. The van der Waals surface area contributed by atoms with Crippen LogP contribution in [0.25, 0.3) is 0 Å². The van der Waals surface area contributed by atoms with Gasteiger partial charge in [-0.1, -0.05) is 24.3 Å². The van der Waals surface area contributed by atoms with Crippen molar-refractivity contribution in [3.63, 3.8) is 0 Å². The Labute approximate surface area is 151 Å². The van der Waals surface area contributed by atoms with Gasteiger partial charge in [0.1, 0.15) is 0 Å². The summed E-state index contributed by atoms with van der Waals surface area (Å²) in [7, 11) is 0. The van der Waals surface area contributed by atoms with Gasteiger partial charge in [0.05, 0.1) is 13.2 Å². The first-order valence-electron chi connectivity index (χ1n) is 9.90. The van der Waals surface area contributed by atoms with E-state index in [1.165, 1.54) is 17.5 Å². The monoisotopic (exact) mass is 342 g/mol. The van der Waals surface area contributed by atoms with Gasteiger partial charge >= 0.3 is 0 Å². The standard InChI is InChI=1S/C21H30N2O2/c1-16-6-2-3-8-18(16)19-14-20(19)21(24)23-9-5-4-7-17(23)15-22-10-12-25-13-11-22/h2-3,6,8,17,19-20H,4-5,7,9-15H2,1H3/t17-,19-,20-/m0/s1. The van der Waals surface area contributed by atoms with Gasteiger partial charge in [0.25, 0.3) is 0 Å². The average molecular weight is 342 g/mol. The molecule has 3 atom stereocenters. The van der Waals surface area contributed by atoms with E-state index in [9.17, 15) is 4.79 Å². The number of carbonyl (C=O) groups is 1. The summed E-state index contributed by atoms with van der Waals surface area (Å²) in [6.45, 7) is 7.82. The molecule has 4 rings (SSSR count). The van der Waals surface area contributed by atoms with E-state index in [2.05, 4.69) is 41.0 Å². The molecule has 1 amide bonds. The fraction of sp³-hybridized carbons (Fsp3) is 0.667. The Hall–Kier alpha value is -1.39. The molecule has 2 aliphatic heterocycles. The van der Waals surface area contributed by atoms with E-state index in [4.69, 9.17) is 4.74 Å². The maximum atomic E-state index is 13.2. The summed E-state index contributed by atoms with van der Waals surface area (Å²) >= 11 is 0. The maximum absolute atomic E-state index is 13.2. The van der Waals surface area contributed by atoms with E-state index in [1.807, 2.05) is 0 Å². The van der Waals surface area contributed by atoms with E-state index in [1.54, 1.807) is 0 Å². The van der Waals surface area contributed by atoms with Crippen molar-refractivity contribution in [1.82, 2.24) is 9.80 Å². The summed E-state index contributed by atoms with van der Waals surface area (Å²) in [4.78, 5) is 17.9. The third kappa shape index (κ3) is 3.75. The summed E-state index contributed by atoms with van der Waals surface area (Å²) in [6.07, 6.45) is 4.60. The molecule has 136 valence electrons. The minimum atomic E-state index is 0.214. The summed E-state index contributed by atoms with van der Waals surface area (Å²) < 4.78 is 5.46. The van der Waals surface area contributed by atoms with Crippen LogP contribution in [0.15, 0.2) is 24.3 Å². The number of likely N-dealkylation sites (tertiary alicyclic amines) is 1. The predicted octanol–water partition coefficient (Wildman–Crippen LogP) is 2.81. The zero-order valence-corrected chi connectivity index (χ0v) is 15.3. The first-order chi connectivity index (χ1) is 12.2. The SMILES string of the molecule is Cc1ccccc1[C@@H]1C[C@@H]1C(=O)N1CCCC[C@H]1CN1CCOCC1. The molecule has 1 aromatic rings. The average Bonchev–Trinajstić information content (AvgIpc) is 3.43. The molecule has 2 saturated heterocycles. The van der Waals surface area contributed by atoms with Crippen LogP contribution in [0, 0.1) is 12.8 Å². The number of hydrogen-bond acceptors (Lipinski definition) is 3. The van der Waals surface area contributed by atoms with Crippen LogP contribution in [0.3, 0.4) is 0 Å². The minimum Gasteiger partial charge on any atom is -0.379 e. The van der Waals surface area contributed by atoms with E-state index in [0.29, 0.717) is 17.9 Å². The van der Waals surface area contributed by atoms with Crippen molar-refractivity contribution in [3.8, 4) is 0 Å². The van der Waals surface area contributed by atoms with Crippen LogP contribution in [-0.4, -0.2) is 61.1 Å². The van der Waals surface area contributed by atoms with Gasteiger partial charge in [-0.05, 0) is 49.7 Å². The van der Waals surface area contributed by atoms with Crippen LogP contribution in [0.1, 0.15) is 42.7 Å². The third-order valence-electron chi connectivity index (χ3n) is 6.18. The fourth-order valence-electron chi connectivity index (χ4n) is 4.59. The molecule has 0 spiro atoms. The molecule has 3 aliphatic rings. The Kier molecular flexibility index (Phi) is 5.09. The van der Waals surface area contributed by atoms with Gasteiger partial charge in [-0.2, -0.15) is 0 Å². The second kappa shape index (κ2) is 7.46. The van der Waals surface area contributed by atoms with Crippen LogP contribution >= 0.6 is 0 Å². The highest BCUT2D eigenvalue weighted by Gasteiger charge is 2.47. The molecule has 1 saturated carbocycles. The quantitative estimate of drug-likeness (QED) is 0.843. The van der Waals surface area contributed by atoms with Crippen molar-refractivity contribution in [3.05, 3.63) is 35.4 Å². The Bertz CT molecular complexity index is 612. The lowest BCUT2D eigenvalue weighted by Gasteiger charge is -2.40. The van der Waals surface area contributed by atoms with Gasteiger partial charge < -0.3 is 9.64 Å². The van der Waals surface area contributed by atoms with Crippen LogP contribution in [-0.2, 0) is 9.53 Å². The molecule has 0 unspecified atom stereocenters. The van der Waals surface area contributed by atoms with Crippen molar-refractivity contribution in [2.45, 2.75) is 44.6 Å². The number of benzene rings is 1. The highest BCUT2D eigenvalue weighted by molar-refractivity contribution is 5.83. The molecule has 0 N–H and O–H groups in total. The largest absolute Gasteiger partial charge is 0.379 e. The second-order valence-electron chi connectivity index (χ2n) is 7.90. The molecule has 4 heteroatoms. The smallest absolute Gasteiger partial charge is 0.226 e. The molecule has 0 radical (unpaired) electrons. The third-order valence-corrected chi connectivity index (χ3v) is 6.18. The van der Waals surface area contributed by atoms with E-state index >= 15 is 0 Å². The van der Waals surface area contributed by atoms with Gasteiger partial charge in [0, 0.05) is 38.1 Å². The maximum Gasteiger partial charge on any atom is 0.226 e. The number of morpholine rings is 1. The summed E-state index contributed by atoms with van der Waals surface area (Å²) in [5.74, 6) is 1.07. The lowest BCUT2D eigenvalue weighted by Crippen LogP contribution is -2.51. The van der Waals surface area contributed by atoms with E-state index in [-0.39, 0.29) is 5.92 Å². The number of amides is 1. The number of ether oxygens (including phenoxy) is 1. The molecule has 25 heavy (non-hydrogen) atoms. The number of hydrogen-bond donors (Lipinski definition) is 0. The Morgan fingerprint density at radius 2 is 1.96 bits per heavy atom. The lowest BCUT2D eigenvalue weighted by atomic mass is 9.99. The molecule has 1 aromatic carbocycles. The topological polar surface area (TPSA) is 32.8 Å². The van der Waals surface area contributed by atoms with Crippen LogP contribution in [0.2, 0.25) is 0 Å². The van der Waals surface area contributed by atoms with E-state index in [0.717, 1.165) is 58.7 Å². The van der Waals surface area contributed by atoms with Gasteiger partial charge in [0.2, 0.25) is 5.91 Å². The van der Waals surface area contributed by atoms with Crippen LogP contribution < -0.4 is 0 Å². The van der Waals surface area contributed by atoms with Crippen molar-refractivity contribution >= 4 is 5.91 Å². The fourth-order valence-corrected chi connectivity index (χ4v) is 4.59. The van der Waals surface area contributed by atoms with Crippen molar-refractivity contribution in [2.75, 3.05) is 39.4 Å². The highest BCUT2D eigenvalue weighted by Crippen LogP contribution is 2.49.